The van der Waals surface area contributed by atoms with Gasteiger partial charge >= 0.3 is 0 Å². The summed E-state index contributed by atoms with van der Waals surface area (Å²) in [7, 11) is 0. The van der Waals surface area contributed by atoms with Crippen LogP contribution in [0.3, 0.4) is 0 Å². The minimum atomic E-state index is 0.100. The maximum absolute atomic E-state index is 6.27. The van der Waals surface area contributed by atoms with E-state index in [1.807, 2.05) is 0 Å². The van der Waals surface area contributed by atoms with E-state index in [4.69, 9.17) is 10.5 Å². The van der Waals surface area contributed by atoms with Crippen LogP contribution in [0.2, 0.25) is 0 Å². The SMILES string of the molecule is CCC(N)C(OC1CCCCC1)c1cccs1. The van der Waals surface area contributed by atoms with E-state index in [0.29, 0.717) is 6.10 Å². The first kappa shape index (κ1) is 13.1. The third kappa shape index (κ3) is 3.54. The van der Waals surface area contributed by atoms with Crippen molar-refractivity contribution in [1.82, 2.24) is 0 Å². The summed E-state index contributed by atoms with van der Waals surface area (Å²) < 4.78 is 6.27. The van der Waals surface area contributed by atoms with E-state index < -0.39 is 0 Å². The number of rotatable bonds is 5. The molecule has 2 nitrogen and oxygen atoms in total. The Labute approximate surface area is 108 Å². The van der Waals surface area contributed by atoms with Gasteiger partial charge in [-0.05, 0) is 30.7 Å². The Kier molecular flexibility index (Phi) is 5.01. The van der Waals surface area contributed by atoms with E-state index in [1.54, 1.807) is 11.3 Å². The van der Waals surface area contributed by atoms with Crippen LogP contribution in [0, 0.1) is 0 Å². The Morgan fingerprint density at radius 1 is 1.41 bits per heavy atom. The van der Waals surface area contributed by atoms with E-state index in [2.05, 4.69) is 24.4 Å². The molecule has 0 saturated heterocycles. The highest BCUT2D eigenvalue weighted by molar-refractivity contribution is 7.10. The average molecular weight is 253 g/mol. The van der Waals surface area contributed by atoms with Crippen LogP contribution >= 0.6 is 11.3 Å². The molecule has 0 aromatic carbocycles. The Morgan fingerprint density at radius 2 is 2.18 bits per heavy atom. The first-order valence-corrected chi connectivity index (χ1v) is 7.63. The summed E-state index contributed by atoms with van der Waals surface area (Å²) in [6.45, 7) is 2.13. The highest BCUT2D eigenvalue weighted by Crippen LogP contribution is 2.31. The van der Waals surface area contributed by atoms with Gasteiger partial charge in [-0.25, -0.2) is 0 Å². The largest absolute Gasteiger partial charge is 0.368 e. The average Bonchev–Trinajstić information content (AvgIpc) is 2.90. The molecule has 1 heterocycles. The maximum Gasteiger partial charge on any atom is 0.107 e. The van der Waals surface area contributed by atoms with Crippen LogP contribution in [0.4, 0.5) is 0 Å². The quantitative estimate of drug-likeness (QED) is 0.864. The van der Waals surface area contributed by atoms with Gasteiger partial charge in [0.05, 0.1) is 6.10 Å². The van der Waals surface area contributed by atoms with Crippen molar-refractivity contribution in [2.75, 3.05) is 0 Å². The lowest BCUT2D eigenvalue weighted by atomic mass is 9.97. The highest BCUT2D eigenvalue weighted by Gasteiger charge is 2.25. The van der Waals surface area contributed by atoms with Crippen molar-refractivity contribution in [1.29, 1.82) is 0 Å². The van der Waals surface area contributed by atoms with Gasteiger partial charge in [0, 0.05) is 10.9 Å². The van der Waals surface area contributed by atoms with Gasteiger partial charge in [0.1, 0.15) is 6.10 Å². The predicted molar refractivity (Wildman–Crippen MR) is 73.3 cm³/mol. The maximum atomic E-state index is 6.27. The minimum Gasteiger partial charge on any atom is -0.368 e. The molecule has 1 aromatic heterocycles. The summed E-state index contributed by atoms with van der Waals surface area (Å²) in [6.07, 6.45) is 7.89. The van der Waals surface area contributed by atoms with Crippen LogP contribution in [0.1, 0.15) is 56.4 Å². The molecule has 2 unspecified atom stereocenters. The zero-order valence-corrected chi connectivity index (χ0v) is 11.4. The molecule has 2 N–H and O–H groups in total. The molecule has 2 atom stereocenters. The third-order valence-corrected chi connectivity index (χ3v) is 4.51. The number of ether oxygens (including phenoxy) is 1. The first-order valence-electron chi connectivity index (χ1n) is 6.75. The Bertz CT molecular complexity index is 306. The fraction of sp³-hybridized carbons (Fsp3) is 0.714. The molecule has 2 rings (SSSR count). The minimum absolute atomic E-state index is 0.100. The number of nitrogens with two attached hydrogens (primary N) is 1. The molecule has 1 aromatic rings. The van der Waals surface area contributed by atoms with Crippen molar-refractivity contribution in [2.45, 2.75) is 63.7 Å². The second-order valence-electron chi connectivity index (χ2n) is 4.90. The van der Waals surface area contributed by atoms with Crippen molar-refractivity contribution in [3.8, 4) is 0 Å². The van der Waals surface area contributed by atoms with E-state index in [1.165, 1.54) is 37.0 Å². The van der Waals surface area contributed by atoms with Gasteiger partial charge < -0.3 is 10.5 Å². The molecular weight excluding hydrogens is 230 g/mol. The summed E-state index contributed by atoms with van der Waals surface area (Å²) in [5.41, 5.74) is 6.21. The second-order valence-corrected chi connectivity index (χ2v) is 5.88. The molecule has 1 aliphatic rings. The van der Waals surface area contributed by atoms with E-state index in [-0.39, 0.29) is 12.1 Å². The van der Waals surface area contributed by atoms with Crippen molar-refractivity contribution in [3.05, 3.63) is 22.4 Å². The van der Waals surface area contributed by atoms with Crippen molar-refractivity contribution >= 4 is 11.3 Å². The second kappa shape index (κ2) is 6.53. The third-order valence-electron chi connectivity index (χ3n) is 3.58. The lowest BCUT2D eigenvalue weighted by Gasteiger charge is -2.30. The van der Waals surface area contributed by atoms with Crippen LogP contribution in [-0.4, -0.2) is 12.1 Å². The summed E-state index contributed by atoms with van der Waals surface area (Å²) >= 11 is 1.76. The summed E-state index contributed by atoms with van der Waals surface area (Å²) in [5, 5.41) is 2.11. The fourth-order valence-corrected chi connectivity index (χ4v) is 3.29. The van der Waals surface area contributed by atoms with Crippen LogP contribution < -0.4 is 5.73 Å². The molecule has 0 aliphatic heterocycles. The Morgan fingerprint density at radius 3 is 2.76 bits per heavy atom. The number of hydrogen-bond acceptors (Lipinski definition) is 3. The summed E-state index contributed by atoms with van der Waals surface area (Å²) in [5.74, 6) is 0. The van der Waals surface area contributed by atoms with Gasteiger partial charge in [0.2, 0.25) is 0 Å². The molecular formula is C14H23NOS. The highest BCUT2D eigenvalue weighted by atomic mass is 32.1. The molecule has 0 radical (unpaired) electrons. The lowest BCUT2D eigenvalue weighted by molar-refractivity contribution is -0.0419. The molecule has 1 aliphatic carbocycles. The van der Waals surface area contributed by atoms with Gasteiger partial charge in [-0.15, -0.1) is 11.3 Å². The van der Waals surface area contributed by atoms with Crippen LogP contribution in [0.25, 0.3) is 0 Å². The zero-order chi connectivity index (χ0) is 12.1. The predicted octanol–water partition coefficient (Wildman–Crippen LogP) is 3.88. The van der Waals surface area contributed by atoms with Gasteiger partial charge in [0.25, 0.3) is 0 Å². The van der Waals surface area contributed by atoms with Gasteiger partial charge in [0.15, 0.2) is 0 Å². The van der Waals surface area contributed by atoms with Gasteiger partial charge in [-0.1, -0.05) is 32.3 Å². The first-order chi connectivity index (χ1) is 8.31. The molecule has 96 valence electrons. The van der Waals surface area contributed by atoms with Gasteiger partial charge in [-0.3, -0.25) is 0 Å². The smallest absolute Gasteiger partial charge is 0.107 e. The molecule has 0 bridgehead atoms. The summed E-state index contributed by atoms with van der Waals surface area (Å²) in [6, 6.07) is 4.35. The van der Waals surface area contributed by atoms with Crippen molar-refractivity contribution in [2.24, 2.45) is 5.73 Å². The molecule has 0 amide bonds. The topological polar surface area (TPSA) is 35.2 Å². The molecule has 1 fully saturated rings. The van der Waals surface area contributed by atoms with Crippen LogP contribution in [0.5, 0.6) is 0 Å². The normalized spacial score (nSPS) is 21.3. The number of thiophene rings is 1. The van der Waals surface area contributed by atoms with Crippen molar-refractivity contribution in [3.63, 3.8) is 0 Å². The Hall–Kier alpha value is -0.380. The Balaban J connectivity index is 2.00. The lowest BCUT2D eigenvalue weighted by Crippen LogP contribution is -2.32. The molecule has 17 heavy (non-hydrogen) atoms. The standard InChI is InChI=1S/C14H23NOS/c1-2-12(15)14(13-9-6-10-17-13)16-11-7-4-3-5-8-11/h6,9-12,14H,2-5,7-8,15H2,1H3. The monoisotopic (exact) mass is 253 g/mol. The fourth-order valence-electron chi connectivity index (χ4n) is 2.45. The van der Waals surface area contributed by atoms with E-state index >= 15 is 0 Å². The van der Waals surface area contributed by atoms with Crippen LogP contribution in [-0.2, 0) is 4.74 Å². The van der Waals surface area contributed by atoms with Crippen molar-refractivity contribution < 1.29 is 4.74 Å². The molecule has 3 heteroatoms. The molecule has 0 spiro atoms. The number of hydrogen-bond donors (Lipinski definition) is 1. The van der Waals surface area contributed by atoms with E-state index in [9.17, 15) is 0 Å². The molecule has 1 saturated carbocycles. The van der Waals surface area contributed by atoms with Gasteiger partial charge in [-0.2, -0.15) is 0 Å². The van der Waals surface area contributed by atoms with E-state index in [0.717, 1.165) is 6.42 Å². The van der Waals surface area contributed by atoms with Crippen LogP contribution in [0.15, 0.2) is 17.5 Å². The summed E-state index contributed by atoms with van der Waals surface area (Å²) in [4.78, 5) is 1.28. The zero-order valence-electron chi connectivity index (χ0n) is 10.6.